The zero-order chi connectivity index (χ0) is 16.3. The molecule has 3 rings (SSSR count). The lowest BCUT2D eigenvalue weighted by Crippen LogP contribution is -2.47. The molecule has 23 heavy (non-hydrogen) atoms. The fourth-order valence-electron chi connectivity index (χ4n) is 3.18. The summed E-state index contributed by atoms with van der Waals surface area (Å²) in [5.74, 6) is 0.760. The summed E-state index contributed by atoms with van der Waals surface area (Å²) in [5.41, 5.74) is 0.870. The molecule has 0 spiro atoms. The van der Waals surface area contributed by atoms with Gasteiger partial charge in [-0.3, -0.25) is 4.98 Å². The van der Waals surface area contributed by atoms with Gasteiger partial charge in [0.2, 0.25) is 10.0 Å². The number of aromatic nitrogens is 2. The summed E-state index contributed by atoms with van der Waals surface area (Å²) in [7, 11) is -3.19. The number of ether oxygens (including phenoxy) is 1. The lowest BCUT2D eigenvalue weighted by Gasteiger charge is -2.35. The van der Waals surface area contributed by atoms with E-state index in [9.17, 15) is 8.42 Å². The summed E-state index contributed by atoms with van der Waals surface area (Å²) in [6, 6.07) is 0.243. The summed E-state index contributed by atoms with van der Waals surface area (Å²) >= 11 is 0. The van der Waals surface area contributed by atoms with Gasteiger partial charge in [0, 0.05) is 38.5 Å². The number of rotatable bonds is 4. The van der Waals surface area contributed by atoms with E-state index in [1.807, 2.05) is 6.92 Å². The number of hydrogen-bond acceptors (Lipinski definition) is 6. The Labute approximate surface area is 137 Å². The van der Waals surface area contributed by atoms with Crippen LogP contribution in [-0.2, 0) is 14.8 Å². The molecule has 0 radical (unpaired) electrons. The highest BCUT2D eigenvalue weighted by Crippen LogP contribution is 2.24. The van der Waals surface area contributed by atoms with Crippen molar-refractivity contribution in [1.29, 1.82) is 0 Å². The second-order valence-electron chi connectivity index (χ2n) is 6.22. The van der Waals surface area contributed by atoms with Crippen LogP contribution in [0.15, 0.2) is 12.4 Å². The lowest BCUT2D eigenvalue weighted by molar-refractivity contribution is 0.0969. The molecule has 0 aromatic carbocycles. The molecule has 0 atom stereocenters. The van der Waals surface area contributed by atoms with Crippen molar-refractivity contribution in [3.8, 4) is 0 Å². The maximum atomic E-state index is 12.7. The zero-order valence-corrected chi connectivity index (χ0v) is 14.3. The first-order valence-corrected chi connectivity index (χ1v) is 9.68. The molecule has 2 aliphatic rings. The van der Waals surface area contributed by atoms with Gasteiger partial charge in [-0.05, 0) is 32.6 Å². The van der Waals surface area contributed by atoms with Gasteiger partial charge in [-0.25, -0.2) is 17.7 Å². The highest BCUT2D eigenvalue weighted by Gasteiger charge is 2.35. The van der Waals surface area contributed by atoms with Gasteiger partial charge in [0.1, 0.15) is 5.82 Å². The van der Waals surface area contributed by atoms with Crippen LogP contribution >= 0.6 is 0 Å². The van der Waals surface area contributed by atoms with Gasteiger partial charge >= 0.3 is 0 Å². The van der Waals surface area contributed by atoms with Crippen LogP contribution in [0.1, 0.15) is 31.4 Å². The molecule has 2 aliphatic heterocycles. The number of nitrogens with zero attached hydrogens (tertiary/aromatic N) is 3. The predicted molar refractivity (Wildman–Crippen MR) is 87.7 cm³/mol. The van der Waals surface area contributed by atoms with E-state index >= 15 is 0 Å². The monoisotopic (exact) mass is 340 g/mol. The summed E-state index contributed by atoms with van der Waals surface area (Å²) in [4.78, 5) is 8.51. The highest BCUT2D eigenvalue weighted by molar-refractivity contribution is 7.89. The molecule has 1 aromatic heterocycles. The molecule has 128 valence electrons. The molecule has 0 saturated carbocycles. The second kappa shape index (κ2) is 7.11. The van der Waals surface area contributed by atoms with Gasteiger partial charge in [0.05, 0.1) is 17.1 Å². The van der Waals surface area contributed by atoms with E-state index in [4.69, 9.17) is 4.74 Å². The van der Waals surface area contributed by atoms with E-state index < -0.39 is 10.0 Å². The molecule has 7 nitrogen and oxygen atoms in total. The van der Waals surface area contributed by atoms with Gasteiger partial charge in [-0.2, -0.15) is 0 Å². The van der Waals surface area contributed by atoms with Crippen molar-refractivity contribution >= 4 is 15.8 Å². The van der Waals surface area contributed by atoms with E-state index in [1.54, 1.807) is 16.7 Å². The van der Waals surface area contributed by atoms with Crippen LogP contribution in [-0.4, -0.2) is 60.3 Å². The molecule has 0 unspecified atom stereocenters. The van der Waals surface area contributed by atoms with Crippen molar-refractivity contribution in [1.82, 2.24) is 14.3 Å². The van der Waals surface area contributed by atoms with Crippen LogP contribution in [0.5, 0.6) is 0 Å². The number of nitrogens with one attached hydrogen (secondary N) is 1. The topological polar surface area (TPSA) is 84.4 Å². The number of hydrogen-bond donors (Lipinski definition) is 1. The van der Waals surface area contributed by atoms with E-state index in [2.05, 4.69) is 15.3 Å². The van der Waals surface area contributed by atoms with Gasteiger partial charge in [0.25, 0.3) is 0 Å². The molecule has 2 saturated heterocycles. The Kier molecular flexibility index (Phi) is 5.13. The Balaban J connectivity index is 1.55. The number of piperidine rings is 1. The normalized spacial score (nSPS) is 22.1. The van der Waals surface area contributed by atoms with Crippen molar-refractivity contribution in [2.45, 2.75) is 43.9 Å². The summed E-state index contributed by atoms with van der Waals surface area (Å²) < 4.78 is 32.3. The smallest absolute Gasteiger partial charge is 0.217 e. The molecule has 1 N–H and O–H groups in total. The predicted octanol–water partition coefficient (Wildman–Crippen LogP) is 1.17. The minimum Gasteiger partial charge on any atom is -0.381 e. The Morgan fingerprint density at radius 2 is 1.87 bits per heavy atom. The first-order valence-electron chi connectivity index (χ1n) is 8.17. The summed E-state index contributed by atoms with van der Waals surface area (Å²) in [5, 5.41) is 3.08. The fraction of sp³-hybridized carbons (Fsp3) is 0.733. The van der Waals surface area contributed by atoms with Crippen molar-refractivity contribution in [2.75, 3.05) is 31.6 Å². The van der Waals surface area contributed by atoms with Crippen molar-refractivity contribution in [2.24, 2.45) is 0 Å². The Bertz CT molecular complexity index is 623. The van der Waals surface area contributed by atoms with Crippen LogP contribution < -0.4 is 5.32 Å². The lowest BCUT2D eigenvalue weighted by atomic mass is 10.1. The van der Waals surface area contributed by atoms with Gasteiger partial charge in [-0.15, -0.1) is 0 Å². The van der Waals surface area contributed by atoms with Crippen molar-refractivity contribution < 1.29 is 13.2 Å². The van der Waals surface area contributed by atoms with Crippen LogP contribution in [0.3, 0.4) is 0 Å². The first kappa shape index (κ1) is 16.6. The molecule has 3 heterocycles. The van der Waals surface area contributed by atoms with Gasteiger partial charge < -0.3 is 10.1 Å². The standard InChI is InChI=1S/C15H24N4O3S/c1-12-10-16-11-15(17-12)18-13-2-6-19(7-3-13)23(20,21)14-4-8-22-9-5-14/h10-11,13-14H,2-9H2,1H3,(H,17,18). The SMILES string of the molecule is Cc1cncc(NC2CCN(S(=O)(=O)C3CCOCC3)CC2)n1. The quantitative estimate of drug-likeness (QED) is 0.886. The Morgan fingerprint density at radius 1 is 1.17 bits per heavy atom. The minimum absolute atomic E-state index is 0.243. The number of aryl methyl sites for hydroxylation is 1. The minimum atomic E-state index is -3.19. The number of anilines is 1. The van der Waals surface area contributed by atoms with Gasteiger partial charge in [0.15, 0.2) is 0 Å². The second-order valence-corrected chi connectivity index (χ2v) is 8.43. The van der Waals surface area contributed by atoms with Crippen LogP contribution in [0, 0.1) is 6.92 Å². The van der Waals surface area contributed by atoms with Crippen LogP contribution in [0.4, 0.5) is 5.82 Å². The van der Waals surface area contributed by atoms with Crippen LogP contribution in [0.25, 0.3) is 0 Å². The molecular weight excluding hydrogens is 316 g/mol. The maximum absolute atomic E-state index is 12.7. The van der Waals surface area contributed by atoms with E-state index in [1.165, 1.54) is 0 Å². The molecule has 1 aromatic rings. The van der Waals surface area contributed by atoms with Crippen molar-refractivity contribution in [3.05, 3.63) is 18.1 Å². The largest absolute Gasteiger partial charge is 0.381 e. The average molecular weight is 340 g/mol. The third-order valence-electron chi connectivity index (χ3n) is 4.51. The Hall–Kier alpha value is -1.25. The zero-order valence-electron chi connectivity index (χ0n) is 13.4. The number of sulfonamides is 1. The summed E-state index contributed by atoms with van der Waals surface area (Å²) in [6.07, 6.45) is 6.22. The van der Waals surface area contributed by atoms with Gasteiger partial charge in [-0.1, -0.05) is 0 Å². The average Bonchev–Trinajstić information content (AvgIpc) is 2.56. The molecule has 0 bridgehead atoms. The van der Waals surface area contributed by atoms with Crippen molar-refractivity contribution in [3.63, 3.8) is 0 Å². The van der Waals surface area contributed by atoms with E-state index in [0.29, 0.717) is 39.1 Å². The third-order valence-corrected chi connectivity index (χ3v) is 6.91. The molecular formula is C15H24N4O3S. The summed E-state index contributed by atoms with van der Waals surface area (Å²) in [6.45, 7) is 4.14. The maximum Gasteiger partial charge on any atom is 0.217 e. The molecule has 2 fully saturated rings. The molecule has 8 heteroatoms. The van der Waals surface area contributed by atoms with E-state index in [0.717, 1.165) is 24.4 Å². The van der Waals surface area contributed by atoms with E-state index in [-0.39, 0.29) is 11.3 Å². The molecule has 0 amide bonds. The molecule has 0 aliphatic carbocycles. The first-order chi connectivity index (χ1) is 11.1. The van der Waals surface area contributed by atoms with Crippen LogP contribution in [0.2, 0.25) is 0 Å². The fourth-order valence-corrected chi connectivity index (χ4v) is 5.11. The Morgan fingerprint density at radius 3 is 2.52 bits per heavy atom. The highest BCUT2D eigenvalue weighted by atomic mass is 32.2. The third kappa shape index (κ3) is 3.99.